The highest BCUT2D eigenvalue weighted by molar-refractivity contribution is 6.02. The Kier molecular flexibility index (Phi) is 3.64. The van der Waals surface area contributed by atoms with E-state index < -0.39 is 15.8 Å². The number of aromatic amines is 1. The van der Waals surface area contributed by atoms with Crippen LogP contribution in [-0.4, -0.2) is 30.6 Å². The molecule has 0 aliphatic carbocycles. The minimum atomic E-state index is -0.617. The molecule has 0 bridgehead atoms. The molecule has 0 radical (unpaired) electrons. The third kappa shape index (κ3) is 2.65. The Labute approximate surface area is 138 Å². The van der Waals surface area contributed by atoms with Crippen molar-refractivity contribution in [1.82, 2.24) is 14.8 Å². The number of carbonyl (C=O) groups excluding carboxylic acids is 1. The van der Waals surface area contributed by atoms with Crippen molar-refractivity contribution in [2.24, 2.45) is 0 Å². The molecule has 128 valence electrons. The fraction of sp³-hybridized carbons (Fsp3) is 0.154. The predicted molar refractivity (Wildman–Crippen MR) is 82.4 cm³/mol. The number of aromatic nitrogens is 4. The summed E-state index contributed by atoms with van der Waals surface area (Å²) in [7, 11) is 0. The number of hydrogen-bond acceptors (Lipinski definition) is 6. The van der Waals surface area contributed by atoms with Crippen molar-refractivity contribution < 1.29 is 19.3 Å². The van der Waals surface area contributed by atoms with Gasteiger partial charge >= 0.3 is 17.4 Å². The van der Waals surface area contributed by atoms with Gasteiger partial charge in [-0.1, -0.05) is 6.07 Å². The van der Waals surface area contributed by atoms with Crippen LogP contribution in [0.2, 0.25) is 0 Å². The van der Waals surface area contributed by atoms with Gasteiger partial charge in [0.25, 0.3) is 11.4 Å². The number of rotatable bonds is 4. The molecule has 0 spiro atoms. The van der Waals surface area contributed by atoms with Gasteiger partial charge in [-0.3, -0.25) is 14.9 Å². The number of aryl methyl sites for hydroxylation is 2. The van der Waals surface area contributed by atoms with Gasteiger partial charge in [-0.15, -0.1) is 0 Å². The first kappa shape index (κ1) is 16.0. The zero-order chi connectivity index (χ0) is 18.3. The van der Waals surface area contributed by atoms with E-state index in [0.717, 1.165) is 9.26 Å². The van der Waals surface area contributed by atoms with Gasteiger partial charge in [-0.25, -0.2) is 0 Å². The molecule has 0 atom stereocenters. The summed E-state index contributed by atoms with van der Waals surface area (Å²) in [4.78, 5) is 33.3. The summed E-state index contributed by atoms with van der Waals surface area (Å²) in [5.74, 6) is -0.911. The molecule has 0 aliphatic rings. The van der Waals surface area contributed by atoms with Crippen LogP contribution in [0.25, 0.3) is 0 Å². The third-order valence-corrected chi connectivity index (χ3v) is 3.49. The molecule has 0 fully saturated rings. The normalized spacial score (nSPS) is 10.8. The van der Waals surface area contributed by atoms with Crippen molar-refractivity contribution in [3.05, 3.63) is 61.6 Å². The highest BCUT2D eigenvalue weighted by Crippen LogP contribution is 2.18. The molecule has 3 rings (SSSR count). The van der Waals surface area contributed by atoms with E-state index in [2.05, 4.69) is 15.5 Å². The van der Waals surface area contributed by atoms with Gasteiger partial charge in [0, 0.05) is 29.4 Å². The second kappa shape index (κ2) is 5.67. The van der Waals surface area contributed by atoms with Crippen LogP contribution in [0.1, 0.15) is 21.9 Å². The number of carbonyl (C=O) groups is 1. The van der Waals surface area contributed by atoms with Crippen molar-refractivity contribution in [1.29, 1.82) is 0 Å². The smallest absolute Gasteiger partial charge is 0.358 e. The number of nitro benzene ring substituents is 1. The maximum atomic E-state index is 12.5. The number of benzene rings is 1. The lowest BCUT2D eigenvalue weighted by atomic mass is 10.2. The molecule has 2 aromatic heterocycles. The van der Waals surface area contributed by atoms with Gasteiger partial charge in [-0.05, 0) is 17.9 Å². The fourth-order valence-electron chi connectivity index (χ4n) is 2.44. The molecule has 2 heterocycles. The van der Waals surface area contributed by atoms with Gasteiger partial charge in [-0.2, -0.15) is 5.10 Å². The van der Waals surface area contributed by atoms with E-state index in [1.54, 1.807) is 0 Å². The number of anilines is 1. The second-order valence-electron chi connectivity index (χ2n) is 5.21. The summed E-state index contributed by atoms with van der Waals surface area (Å²) in [5, 5.41) is 31.2. The van der Waals surface area contributed by atoms with E-state index in [1.165, 1.54) is 38.1 Å². The Hall–Kier alpha value is -3.83. The van der Waals surface area contributed by atoms with Gasteiger partial charge in [0.2, 0.25) is 0 Å². The average molecular weight is 346 g/mol. The summed E-state index contributed by atoms with van der Waals surface area (Å²) in [6, 6.07) is 5.44. The Morgan fingerprint density at radius 3 is 2.64 bits per heavy atom. The maximum Gasteiger partial charge on any atom is 0.436 e. The highest BCUT2D eigenvalue weighted by Gasteiger charge is 2.37. The fourth-order valence-corrected chi connectivity index (χ4v) is 2.44. The van der Waals surface area contributed by atoms with Crippen LogP contribution in [0, 0.1) is 34.1 Å². The topological polar surface area (TPSA) is 153 Å². The van der Waals surface area contributed by atoms with Crippen LogP contribution >= 0.6 is 0 Å². The first-order valence-corrected chi connectivity index (χ1v) is 7.00. The first-order chi connectivity index (χ1) is 11.8. The lowest BCUT2D eigenvalue weighted by Gasteiger charge is -2.01. The van der Waals surface area contributed by atoms with E-state index in [1.807, 2.05) is 0 Å². The van der Waals surface area contributed by atoms with Crippen molar-refractivity contribution >= 4 is 23.1 Å². The van der Waals surface area contributed by atoms with Crippen molar-refractivity contribution in [2.75, 3.05) is 5.32 Å². The summed E-state index contributed by atoms with van der Waals surface area (Å²) in [5.41, 5.74) is 0.567. The van der Waals surface area contributed by atoms with Crippen LogP contribution in [0.5, 0.6) is 0 Å². The van der Waals surface area contributed by atoms with Crippen molar-refractivity contribution in [3.8, 4) is 0 Å². The predicted octanol–water partition coefficient (Wildman–Crippen LogP) is 0.933. The molecular weight excluding hydrogens is 334 g/mol. The average Bonchev–Trinajstić information content (AvgIpc) is 2.99. The standard InChI is InChI=1S/C13H11N7O5/c1-7-11(17-16-8(2)13(20(24)25)18(17)15-7)12(21)14-9-4-3-5-10(6-9)19(22)23/h3-6H,1-2H3,(H-,14,15,16,21)/p+1. The highest BCUT2D eigenvalue weighted by atomic mass is 16.6. The SMILES string of the molecule is Cc1nn2c([N+](=O)[O-])c(C)[nH][n+]2c1C(=O)Nc1cccc([N+](=O)[O-])c1. The summed E-state index contributed by atoms with van der Waals surface area (Å²) in [6.07, 6.45) is 0. The summed E-state index contributed by atoms with van der Waals surface area (Å²) < 4.78 is 2.13. The molecule has 12 nitrogen and oxygen atoms in total. The molecule has 12 heteroatoms. The number of fused-ring (bicyclic) bond motifs is 1. The number of nitrogens with zero attached hydrogens (tertiary/aromatic N) is 5. The molecular formula is C13H12N7O5+. The van der Waals surface area contributed by atoms with E-state index in [-0.39, 0.29) is 34.3 Å². The minimum Gasteiger partial charge on any atom is -0.358 e. The van der Waals surface area contributed by atoms with E-state index >= 15 is 0 Å². The number of nitro groups is 2. The van der Waals surface area contributed by atoms with Crippen LogP contribution in [0.3, 0.4) is 0 Å². The molecule has 1 amide bonds. The monoisotopic (exact) mass is 346 g/mol. The zero-order valence-corrected chi connectivity index (χ0v) is 13.1. The van der Waals surface area contributed by atoms with E-state index in [9.17, 15) is 25.0 Å². The number of non-ortho nitro benzene ring substituents is 1. The Morgan fingerprint density at radius 1 is 1.28 bits per heavy atom. The first-order valence-electron chi connectivity index (χ1n) is 7.00. The Balaban J connectivity index is 2.02. The van der Waals surface area contributed by atoms with Crippen LogP contribution in [-0.2, 0) is 0 Å². The molecule has 2 N–H and O–H groups in total. The van der Waals surface area contributed by atoms with Gasteiger partial charge in [0.15, 0.2) is 10.3 Å². The molecule has 0 aliphatic heterocycles. The molecule has 1 aromatic carbocycles. The summed E-state index contributed by atoms with van der Waals surface area (Å²) >= 11 is 0. The van der Waals surface area contributed by atoms with E-state index in [0.29, 0.717) is 0 Å². The second-order valence-corrected chi connectivity index (χ2v) is 5.21. The number of nitrogens with one attached hydrogen (secondary N) is 2. The van der Waals surface area contributed by atoms with Gasteiger partial charge in [0.05, 0.1) is 4.92 Å². The third-order valence-electron chi connectivity index (χ3n) is 3.49. The van der Waals surface area contributed by atoms with Gasteiger partial charge in [0.1, 0.15) is 5.10 Å². The van der Waals surface area contributed by atoms with Crippen molar-refractivity contribution in [2.45, 2.75) is 13.8 Å². The minimum absolute atomic E-state index is 0.0442. The Morgan fingerprint density at radius 2 is 2.00 bits per heavy atom. The molecule has 25 heavy (non-hydrogen) atoms. The zero-order valence-electron chi connectivity index (χ0n) is 13.1. The van der Waals surface area contributed by atoms with Gasteiger partial charge < -0.3 is 15.4 Å². The number of H-pyrrole nitrogens is 1. The summed E-state index contributed by atoms with van der Waals surface area (Å²) in [6.45, 7) is 3.01. The lowest BCUT2D eigenvalue weighted by Crippen LogP contribution is -2.37. The van der Waals surface area contributed by atoms with Crippen molar-refractivity contribution in [3.63, 3.8) is 0 Å². The molecule has 3 aromatic rings. The molecule has 0 saturated heterocycles. The van der Waals surface area contributed by atoms with Crippen LogP contribution in [0.15, 0.2) is 24.3 Å². The lowest BCUT2D eigenvalue weighted by molar-refractivity contribution is -0.682. The van der Waals surface area contributed by atoms with Crippen LogP contribution < -0.4 is 9.95 Å². The quantitative estimate of drug-likeness (QED) is 0.407. The molecule has 0 unspecified atom stereocenters. The largest absolute Gasteiger partial charge is 0.436 e. The van der Waals surface area contributed by atoms with Crippen LogP contribution in [0.4, 0.5) is 17.2 Å². The molecule has 0 saturated carbocycles. The maximum absolute atomic E-state index is 12.5. The number of hydrogen-bond donors (Lipinski definition) is 2. The van der Waals surface area contributed by atoms with E-state index in [4.69, 9.17) is 0 Å². The Bertz CT molecular complexity index is 1030. The number of amides is 1.